The number of nitrogens with two attached hydrogens (primary N) is 1. The number of hydrogen-bond acceptors (Lipinski definition) is 3. The molecule has 1 saturated carbocycles. The Hall–Kier alpha value is -0.610. The van der Waals surface area contributed by atoms with Crippen molar-refractivity contribution in [3.8, 4) is 0 Å². The number of carbonyl (C=O) groups excluding carboxylic acids is 1. The molecular formula is C12H24N2O2. The second kappa shape index (κ2) is 6.86. The first-order valence-electron chi connectivity index (χ1n) is 6.26. The van der Waals surface area contributed by atoms with Crippen LogP contribution in [0.15, 0.2) is 0 Å². The molecule has 1 fully saturated rings. The lowest BCUT2D eigenvalue weighted by atomic mass is 10.0. The van der Waals surface area contributed by atoms with Crippen molar-refractivity contribution in [2.24, 2.45) is 11.7 Å². The summed E-state index contributed by atoms with van der Waals surface area (Å²) < 4.78 is 5.65. The fourth-order valence-corrected chi connectivity index (χ4v) is 1.85. The SMILES string of the molecule is CC(N)C(C)C(=O)NCCOC1CCCC1. The van der Waals surface area contributed by atoms with Gasteiger partial charge in [-0.3, -0.25) is 4.79 Å². The van der Waals surface area contributed by atoms with Gasteiger partial charge in [-0.05, 0) is 19.8 Å². The van der Waals surface area contributed by atoms with Gasteiger partial charge in [-0.25, -0.2) is 0 Å². The molecule has 1 aliphatic carbocycles. The Balaban J connectivity index is 2.03. The number of hydrogen-bond donors (Lipinski definition) is 2. The van der Waals surface area contributed by atoms with Crippen molar-refractivity contribution in [3.63, 3.8) is 0 Å². The van der Waals surface area contributed by atoms with Gasteiger partial charge >= 0.3 is 0 Å². The van der Waals surface area contributed by atoms with Crippen LogP contribution < -0.4 is 11.1 Å². The molecule has 0 aromatic carbocycles. The van der Waals surface area contributed by atoms with E-state index in [2.05, 4.69) is 5.32 Å². The minimum absolute atomic E-state index is 0.0185. The summed E-state index contributed by atoms with van der Waals surface area (Å²) in [5, 5.41) is 2.84. The first-order chi connectivity index (χ1) is 7.61. The lowest BCUT2D eigenvalue weighted by molar-refractivity contribution is -0.125. The van der Waals surface area contributed by atoms with E-state index < -0.39 is 0 Å². The number of amides is 1. The fourth-order valence-electron chi connectivity index (χ4n) is 1.85. The lowest BCUT2D eigenvalue weighted by Crippen LogP contribution is -2.40. The third-order valence-corrected chi connectivity index (χ3v) is 3.26. The van der Waals surface area contributed by atoms with Crippen LogP contribution in [-0.2, 0) is 9.53 Å². The van der Waals surface area contributed by atoms with Crippen LogP contribution in [0.3, 0.4) is 0 Å². The monoisotopic (exact) mass is 228 g/mol. The Morgan fingerprint density at radius 2 is 2.06 bits per heavy atom. The van der Waals surface area contributed by atoms with Gasteiger partial charge in [0, 0.05) is 18.5 Å². The highest BCUT2D eigenvalue weighted by atomic mass is 16.5. The van der Waals surface area contributed by atoms with Gasteiger partial charge in [0.25, 0.3) is 0 Å². The van der Waals surface area contributed by atoms with E-state index in [1.807, 2.05) is 13.8 Å². The Kier molecular flexibility index (Phi) is 5.77. The molecule has 0 heterocycles. The second-order valence-corrected chi connectivity index (χ2v) is 4.72. The van der Waals surface area contributed by atoms with Crippen molar-refractivity contribution >= 4 is 5.91 Å². The standard InChI is InChI=1S/C12H24N2O2/c1-9(10(2)13)12(15)14-7-8-16-11-5-3-4-6-11/h9-11H,3-8,13H2,1-2H3,(H,14,15). The molecule has 0 radical (unpaired) electrons. The molecule has 94 valence electrons. The van der Waals surface area contributed by atoms with Crippen LogP contribution in [0.2, 0.25) is 0 Å². The van der Waals surface area contributed by atoms with E-state index in [4.69, 9.17) is 10.5 Å². The molecular weight excluding hydrogens is 204 g/mol. The van der Waals surface area contributed by atoms with Crippen LogP contribution in [0.1, 0.15) is 39.5 Å². The highest BCUT2D eigenvalue weighted by molar-refractivity contribution is 5.78. The van der Waals surface area contributed by atoms with Gasteiger partial charge in [-0.1, -0.05) is 19.8 Å². The average Bonchev–Trinajstić information content (AvgIpc) is 2.75. The highest BCUT2D eigenvalue weighted by Gasteiger charge is 2.17. The first kappa shape index (κ1) is 13.5. The maximum absolute atomic E-state index is 11.5. The molecule has 3 N–H and O–H groups in total. The van der Waals surface area contributed by atoms with Gasteiger partial charge in [-0.2, -0.15) is 0 Å². The van der Waals surface area contributed by atoms with Gasteiger partial charge in [-0.15, -0.1) is 0 Å². The maximum Gasteiger partial charge on any atom is 0.224 e. The van der Waals surface area contributed by atoms with Crippen LogP contribution in [0.25, 0.3) is 0 Å². The molecule has 4 heteroatoms. The van der Waals surface area contributed by atoms with Crippen molar-refractivity contribution in [2.75, 3.05) is 13.2 Å². The van der Waals surface area contributed by atoms with Crippen LogP contribution in [0.4, 0.5) is 0 Å². The van der Waals surface area contributed by atoms with Gasteiger partial charge in [0.1, 0.15) is 0 Å². The molecule has 16 heavy (non-hydrogen) atoms. The smallest absolute Gasteiger partial charge is 0.224 e. The summed E-state index contributed by atoms with van der Waals surface area (Å²) in [5.41, 5.74) is 5.65. The predicted molar refractivity (Wildman–Crippen MR) is 64.0 cm³/mol. The van der Waals surface area contributed by atoms with Crippen LogP contribution in [-0.4, -0.2) is 31.2 Å². The minimum atomic E-state index is -0.133. The number of nitrogens with one attached hydrogen (secondary N) is 1. The Morgan fingerprint density at radius 3 is 2.62 bits per heavy atom. The summed E-state index contributed by atoms with van der Waals surface area (Å²) in [5.74, 6) is -0.114. The van der Waals surface area contributed by atoms with E-state index in [1.54, 1.807) is 0 Å². The van der Waals surface area contributed by atoms with Crippen molar-refractivity contribution in [2.45, 2.75) is 51.7 Å². The highest BCUT2D eigenvalue weighted by Crippen LogP contribution is 2.20. The molecule has 1 amide bonds. The molecule has 2 atom stereocenters. The maximum atomic E-state index is 11.5. The van der Waals surface area contributed by atoms with Crippen molar-refractivity contribution in [3.05, 3.63) is 0 Å². The summed E-state index contributed by atoms with van der Waals surface area (Å²) in [6.07, 6.45) is 5.31. The van der Waals surface area contributed by atoms with E-state index in [-0.39, 0.29) is 17.9 Å². The Morgan fingerprint density at radius 1 is 1.44 bits per heavy atom. The van der Waals surface area contributed by atoms with Gasteiger partial charge in [0.15, 0.2) is 0 Å². The molecule has 0 aromatic heterocycles. The van der Waals surface area contributed by atoms with E-state index in [1.165, 1.54) is 25.7 Å². The number of carbonyl (C=O) groups is 1. The Labute approximate surface area is 97.9 Å². The largest absolute Gasteiger partial charge is 0.376 e. The van der Waals surface area contributed by atoms with Crippen LogP contribution in [0.5, 0.6) is 0 Å². The van der Waals surface area contributed by atoms with E-state index in [0.717, 1.165) is 0 Å². The van der Waals surface area contributed by atoms with Crippen molar-refractivity contribution in [1.29, 1.82) is 0 Å². The molecule has 0 bridgehead atoms. The van der Waals surface area contributed by atoms with E-state index in [9.17, 15) is 4.79 Å². The molecule has 1 rings (SSSR count). The third kappa shape index (κ3) is 4.49. The predicted octanol–water partition coefficient (Wildman–Crippen LogP) is 1.05. The second-order valence-electron chi connectivity index (χ2n) is 4.72. The average molecular weight is 228 g/mol. The van der Waals surface area contributed by atoms with Crippen molar-refractivity contribution < 1.29 is 9.53 Å². The quantitative estimate of drug-likeness (QED) is 0.668. The summed E-state index contributed by atoms with van der Waals surface area (Å²) in [4.78, 5) is 11.5. The molecule has 0 aromatic rings. The first-order valence-corrected chi connectivity index (χ1v) is 6.26. The van der Waals surface area contributed by atoms with E-state index in [0.29, 0.717) is 19.3 Å². The third-order valence-electron chi connectivity index (χ3n) is 3.26. The van der Waals surface area contributed by atoms with Gasteiger partial charge < -0.3 is 15.8 Å². The topological polar surface area (TPSA) is 64.4 Å². The van der Waals surface area contributed by atoms with Crippen LogP contribution in [0, 0.1) is 5.92 Å². The molecule has 0 spiro atoms. The molecule has 1 aliphatic rings. The minimum Gasteiger partial charge on any atom is -0.376 e. The number of ether oxygens (including phenoxy) is 1. The molecule has 0 aliphatic heterocycles. The van der Waals surface area contributed by atoms with Crippen molar-refractivity contribution in [1.82, 2.24) is 5.32 Å². The summed E-state index contributed by atoms with van der Waals surface area (Å²) in [6, 6.07) is -0.101. The zero-order chi connectivity index (χ0) is 12.0. The lowest BCUT2D eigenvalue weighted by Gasteiger charge is -2.16. The van der Waals surface area contributed by atoms with Gasteiger partial charge in [0.05, 0.1) is 12.7 Å². The summed E-state index contributed by atoms with van der Waals surface area (Å²) in [6.45, 7) is 4.89. The van der Waals surface area contributed by atoms with Gasteiger partial charge in [0.2, 0.25) is 5.91 Å². The Bertz CT molecular complexity index is 213. The summed E-state index contributed by atoms with van der Waals surface area (Å²) >= 11 is 0. The zero-order valence-electron chi connectivity index (χ0n) is 10.4. The molecule has 0 saturated heterocycles. The summed E-state index contributed by atoms with van der Waals surface area (Å²) in [7, 11) is 0. The van der Waals surface area contributed by atoms with Crippen LogP contribution >= 0.6 is 0 Å². The molecule has 4 nitrogen and oxygen atoms in total. The zero-order valence-corrected chi connectivity index (χ0v) is 10.4. The normalized spacial score (nSPS) is 20.7. The van der Waals surface area contributed by atoms with E-state index >= 15 is 0 Å². The molecule has 2 unspecified atom stereocenters. The number of rotatable bonds is 6. The fraction of sp³-hybridized carbons (Fsp3) is 0.917.